The standard InChI is InChI=1S/C26H25F2N3O3/c1-30-22(19-4-2-3-5-21(19)28)11-24(29-30)34-18-12-26(13-18)14-31(15-26)25(32)20-9-6-16(27)10-23(20)33-17-7-8-17/h2-6,9-11,17-18H,7-8,12-15H2,1H3. The molecule has 0 unspecified atom stereocenters. The third-order valence-electron chi connectivity index (χ3n) is 6.95. The van der Waals surface area contributed by atoms with E-state index in [9.17, 15) is 13.6 Å². The van der Waals surface area contributed by atoms with Gasteiger partial charge in [0.1, 0.15) is 23.5 Å². The van der Waals surface area contributed by atoms with Gasteiger partial charge in [-0.2, -0.15) is 0 Å². The number of hydrogen-bond acceptors (Lipinski definition) is 4. The van der Waals surface area contributed by atoms with Crippen LogP contribution in [0.2, 0.25) is 0 Å². The third kappa shape index (κ3) is 3.81. The van der Waals surface area contributed by atoms with Crippen molar-refractivity contribution in [3.8, 4) is 22.9 Å². The van der Waals surface area contributed by atoms with Gasteiger partial charge < -0.3 is 14.4 Å². The fourth-order valence-corrected chi connectivity index (χ4v) is 5.05. The summed E-state index contributed by atoms with van der Waals surface area (Å²) in [4.78, 5) is 14.8. The molecule has 0 N–H and O–H groups in total. The Labute approximate surface area is 196 Å². The van der Waals surface area contributed by atoms with Gasteiger partial charge in [0.05, 0.1) is 17.4 Å². The molecule has 0 atom stereocenters. The molecule has 3 aliphatic rings. The number of halogens is 2. The smallest absolute Gasteiger partial charge is 0.257 e. The van der Waals surface area contributed by atoms with Gasteiger partial charge in [-0.05, 0) is 49.9 Å². The minimum absolute atomic E-state index is 0.0141. The monoisotopic (exact) mass is 465 g/mol. The molecule has 176 valence electrons. The van der Waals surface area contributed by atoms with E-state index in [4.69, 9.17) is 9.47 Å². The largest absolute Gasteiger partial charge is 0.489 e. The van der Waals surface area contributed by atoms with Crippen LogP contribution >= 0.6 is 0 Å². The van der Waals surface area contributed by atoms with Crippen molar-refractivity contribution in [1.29, 1.82) is 0 Å². The van der Waals surface area contributed by atoms with Crippen LogP contribution in [0.25, 0.3) is 11.3 Å². The molecular weight excluding hydrogens is 440 g/mol. The van der Waals surface area contributed by atoms with Gasteiger partial charge in [0.15, 0.2) is 0 Å². The Morgan fingerprint density at radius 3 is 2.53 bits per heavy atom. The number of amides is 1. The molecule has 1 saturated heterocycles. The van der Waals surface area contributed by atoms with Crippen molar-refractivity contribution in [1.82, 2.24) is 14.7 Å². The zero-order valence-electron chi connectivity index (χ0n) is 18.8. The van der Waals surface area contributed by atoms with Crippen molar-refractivity contribution >= 4 is 5.91 Å². The van der Waals surface area contributed by atoms with Gasteiger partial charge in [0.25, 0.3) is 5.91 Å². The van der Waals surface area contributed by atoms with Crippen LogP contribution < -0.4 is 9.47 Å². The molecule has 2 heterocycles. The second kappa shape index (κ2) is 7.82. The zero-order valence-corrected chi connectivity index (χ0v) is 18.8. The summed E-state index contributed by atoms with van der Waals surface area (Å²) in [6, 6.07) is 12.5. The summed E-state index contributed by atoms with van der Waals surface area (Å²) in [5.41, 5.74) is 1.62. The lowest BCUT2D eigenvalue weighted by Crippen LogP contribution is -2.65. The molecule has 8 heteroatoms. The van der Waals surface area contributed by atoms with E-state index < -0.39 is 5.82 Å². The number of hydrogen-bond donors (Lipinski definition) is 0. The molecule has 1 spiro atoms. The lowest BCUT2D eigenvalue weighted by molar-refractivity contribution is -0.104. The van der Waals surface area contributed by atoms with Gasteiger partial charge >= 0.3 is 0 Å². The Morgan fingerprint density at radius 2 is 1.79 bits per heavy atom. The van der Waals surface area contributed by atoms with Crippen molar-refractivity contribution in [2.45, 2.75) is 37.9 Å². The van der Waals surface area contributed by atoms with Crippen molar-refractivity contribution in [3.05, 3.63) is 65.7 Å². The molecular formula is C26H25F2N3O3. The average molecular weight is 466 g/mol. The number of ether oxygens (including phenoxy) is 2. The van der Waals surface area contributed by atoms with Gasteiger partial charge in [-0.25, -0.2) is 8.78 Å². The maximum absolute atomic E-state index is 14.2. The molecule has 3 fully saturated rings. The first-order valence-electron chi connectivity index (χ1n) is 11.6. The Balaban J connectivity index is 1.06. The number of aryl methyl sites for hydroxylation is 1. The van der Waals surface area contributed by atoms with Gasteiger partial charge in [0.2, 0.25) is 5.88 Å². The first-order chi connectivity index (χ1) is 16.4. The maximum atomic E-state index is 14.2. The zero-order chi connectivity index (χ0) is 23.4. The molecule has 0 radical (unpaired) electrons. The maximum Gasteiger partial charge on any atom is 0.257 e. The molecule has 34 heavy (non-hydrogen) atoms. The highest BCUT2D eigenvalue weighted by atomic mass is 19.1. The number of carbonyl (C=O) groups is 1. The normalized spacial score (nSPS) is 19.0. The Hall–Kier alpha value is -3.42. The molecule has 1 aliphatic heterocycles. The van der Waals surface area contributed by atoms with E-state index in [0.717, 1.165) is 25.7 Å². The number of nitrogens with zero attached hydrogens (tertiary/aromatic N) is 3. The predicted molar refractivity (Wildman–Crippen MR) is 121 cm³/mol. The van der Waals surface area contributed by atoms with E-state index in [1.54, 1.807) is 40.9 Å². The van der Waals surface area contributed by atoms with E-state index in [0.29, 0.717) is 41.5 Å². The van der Waals surface area contributed by atoms with Crippen LogP contribution in [0, 0.1) is 17.0 Å². The highest BCUT2D eigenvalue weighted by Gasteiger charge is 2.55. The molecule has 2 aliphatic carbocycles. The lowest BCUT2D eigenvalue weighted by Gasteiger charge is -2.58. The van der Waals surface area contributed by atoms with Crippen LogP contribution in [-0.2, 0) is 7.05 Å². The Kier molecular flexibility index (Phi) is 4.86. The minimum atomic E-state index is -0.404. The van der Waals surface area contributed by atoms with E-state index in [-0.39, 0.29) is 29.3 Å². The molecule has 2 saturated carbocycles. The topological polar surface area (TPSA) is 56.6 Å². The lowest BCUT2D eigenvalue weighted by atomic mass is 9.61. The van der Waals surface area contributed by atoms with Crippen molar-refractivity contribution in [2.24, 2.45) is 12.5 Å². The predicted octanol–water partition coefficient (Wildman–Crippen LogP) is 4.59. The quantitative estimate of drug-likeness (QED) is 0.534. The van der Waals surface area contributed by atoms with Crippen LogP contribution in [0.3, 0.4) is 0 Å². The second-order valence-electron chi connectivity index (χ2n) is 9.74. The molecule has 2 aromatic carbocycles. The number of likely N-dealkylation sites (tertiary alicyclic amines) is 1. The van der Waals surface area contributed by atoms with E-state index in [1.165, 1.54) is 24.3 Å². The molecule has 1 amide bonds. The Bertz CT molecular complexity index is 1260. The molecule has 0 bridgehead atoms. The van der Waals surface area contributed by atoms with Crippen LogP contribution in [0.1, 0.15) is 36.0 Å². The van der Waals surface area contributed by atoms with Gasteiger partial charge in [-0.1, -0.05) is 12.1 Å². The van der Waals surface area contributed by atoms with Gasteiger partial charge in [-0.15, -0.1) is 5.10 Å². The molecule has 6 nitrogen and oxygen atoms in total. The SMILES string of the molecule is Cn1nc(OC2CC3(C2)CN(C(=O)c2ccc(F)cc2OC2CC2)C3)cc1-c1ccccc1F. The van der Waals surface area contributed by atoms with Crippen molar-refractivity contribution < 1.29 is 23.0 Å². The second-order valence-corrected chi connectivity index (χ2v) is 9.74. The van der Waals surface area contributed by atoms with Crippen LogP contribution in [0.15, 0.2) is 48.5 Å². The van der Waals surface area contributed by atoms with E-state index >= 15 is 0 Å². The minimum Gasteiger partial charge on any atom is -0.489 e. The Morgan fingerprint density at radius 1 is 1.03 bits per heavy atom. The fourth-order valence-electron chi connectivity index (χ4n) is 5.05. The average Bonchev–Trinajstić information content (AvgIpc) is 3.49. The van der Waals surface area contributed by atoms with Gasteiger partial charge in [-0.3, -0.25) is 9.48 Å². The number of benzene rings is 2. The summed E-state index contributed by atoms with van der Waals surface area (Å²) in [5, 5.41) is 4.39. The number of rotatable bonds is 6. The number of aromatic nitrogens is 2. The first kappa shape index (κ1) is 21.1. The van der Waals surface area contributed by atoms with Gasteiger partial charge in [0, 0.05) is 43.2 Å². The highest BCUT2D eigenvalue weighted by molar-refractivity contribution is 5.97. The van der Waals surface area contributed by atoms with Crippen LogP contribution in [0.4, 0.5) is 8.78 Å². The highest BCUT2D eigenvalue weighted by Crippen LogP contribution is 2.50. The molecule has 1 aromatic heterocycles. The third-order valence-corrected chi connectivity index (χ3v) is 6.95. The summed E-state index contributed by atoms with van der Waals surface area (Å²) in [7, 11) is 1.77. The van der Waals surface area contributed by atoms with E-state index in [2.05, 4.69) is 5.10 Å². The first-order valence-corrected chi connectivity index (χ1v) is 11.6. The van der Waals surface area contributed by atoms with E-state index in [1.807, 2.05) is 0 Å². The van der Waals surface area contributed by atoms with Crippen molar-refractivity contribution in [3.63, 3.8) is 0 Å². The summed E-state index contributed by atoms with van der Waals surface area (Å²) < 4.78 is 41.3. The molecule has 3 aromatic rings. The molecule has 6 rings (SSSR count). The fraction of sp³-hybridized carbons (Fsp3) is 0.385. The van der Waals surface area contributed by atoms with Crippen molar-refractivity contribution in [2.75, 3.05) is 13.1 Å². The van der Waals surface area contributed by atoms with Crippen LogP contribution in [-0.4, -0.2) is 45.9 Å². The van der Waals surface area contributed by atoms with Crippen LogP contribution in [0.5, 0.6) is 11.6 Å². The number of carbonyl (C=O) groups excluding carboxylic acids is 1. The summed E-state index contributed by atoms with van der Waals surface area (Å²) >= 11 is 0. The summed E-state index contributed by atoms with van der Waals surface area (Å²) in [6.07, 6.45) is 3.65. The summed E-state index contributed by atoms with van der Waals surface area (Å²) in [6.45, 7) is 1.29. The summed E-state index contributed by atoms with van der Waals surface area (Å²) in [5.74, 6) is -0.0142.